The van der Waals surface area contributed by atoms with Gasteiger partial charge >= 0.3 is 0 Å². The van der Waals surface area contributed by atoms with Gasteiger partial charge in [-0.3, -0.25) is 0 Å². The summed E-state index contributed by atoms with van der Waals surface area (Å²) < 4.78 is 13.6. The molecule has 0 radical (unpaired) electrons. The fourth-order valence-electron chi connectivity index (χ4n) is 1.70. The molecule has 0 atom stereocenters. The Morgan fingerprint density at radius 2 is 1.70 bits per heavy atom. The van der Waals surface area contributed by atoms with E-state index in [0.717, 1.165) is 0 Å². The molecule has 0 heterocycles. The maximum Gasteiger partial charge on any atom is 0.128 e. The van der Waals surface area contributed by atoms with Gasteiger partial charge in [0.15, 0.2) is 0 Å². The predicted molar refractivity (Wildman–Crippen MR) is 74.6 cm³/mol. The molecular weight excluding hydrogens is 277 g/mol. The molecular formula is C15H9ClFN3. The average molecular weight is 286 g/mol. The summed E-state index contributed by atoms with van der Waals surface area (Å²) in [5.41, 5.74) is 1.84. The van der Waals surface area contributed by atoms with Crippen molar-refractivity contribution < 1.29 is 4.39 Å². The van der Waals surface area contributed by atoms with Crippen LogP contribution in [0.5, 0.6) is 0 Å². The smallest absolute Gasteiger partial charge is 0.128 e. The van der Waals surface area contributed by atoms with Gasteiger partial charge in [-0.15, -0.1) is 0 Å². The molecule has 3 nitrogen and oxygen atoms in total. The normalized spacial score (nSPS) is 9.60. The number of hydrogen-bond donors (Lipinski definition) is 1. The van der Waals surface area contributed by atoms with Crippen LogP contribution in [-0.4, -0.2) is 0 Å². The molecule has 2 aromatic carbocycles. The fourth-order valence-corrected chi connectivity index (χ4v) is 1.95. The number of nitrogens with one attached hydrogen (secondary N) is 1. The van der Waals surface area contributed by atoms with Crippen LogP contribution < -0.4 is 5.32 Å². The van der Waals surface area contributed by atoms with Gasteiger partial charge < -0.3 is 5.32 Å². The van der Waals surface area contributed by atoms with Crippen molar-refractivity contribution in [2.45, 2.75) is 6.54 Å². The predicted octanol–water partition coefficient (Wildman–Crippen LogP) is 3.83. The van der Waals surface area contributed by atoms with Gasteiger partial charge in [-0.05, 0) is 36.4 Å². The Kier molecular flexibility index (Phi) is 4.20. The van der Waals surface area contributed by atoms with Crippen LogP contribution in [0, 0.1) is 28.5 Å². The van der Waals surface area contributed by atoms with Crippen molar-refractivity contribution in [2.24, 2.45) is 0 Å². The van der Waals surface area contributed by atoms with Gasteiger partial charge in [0.25, 0.3) is 0 Å². The first-order chi connectivity index (χ1) is 9.63. The molecule has 0 saturated heterocycles. The molecule has 98 valence electrons. The zero-order valence-electron chi connectivity index (χ0n) is 10.3. The van der Waals surface area contributed by atoms with E-state index in [1.54, 1.807) is 12.1 Å². The molecule has 0 saturated carbocycles. The molecule has 0 spiro atoms. The quantitative estimate of drug-likeness (QED) is 0.932. The molecule has 0 amide bonds. The van der Waals surface area contributed by atoms with Crippen LogP contribution in [0.25, 0.3) is 0 Å². The summed E-state index contributed by atoms with van der Waals surface area (Å²) in [5.74, 6) is -0.388. The molecule has 0 aliphatic heterocycles. The molecule has 0 aliphatic rings. The van der Waals surface area contributed by atoms with Gasteiger partial charge in [0.2, 0.25) is 0 Å². The van der Waals surface area contributed by atoms with Gasteiger partial charge in [0.05, 0.1) is 34.0 Å². The van der Waals surface area contributed by atoms with Crippen LogP contribution in [0.1, 0.15) is 16.7 Å². The third kappa shape index (κ3) is 3.06. The lowest BCUT2D eigenvalue weighted by atomic mass is 10.1. The van der Waals surface area contributed by atoms with Gasteiger partial charge in [-0.1, -0.05) is 11.6 Å². The second-order valence-electron chi connectivity index (χ2n) is 4.08. The van der Waals surface area contributed by atoms with E-state index in [-0.39, 0.29) is 12.4 Å². The van der Waals surface area contributed by atoms with Crippen molar-refractivity contribution in [3.05, 3.63) is 63.9 Å². The van der Waals surface area contributed by atoms with E-state index in [4.69, 9.17) is 22.1 Å². The Morgan fingerprint density at radius 3 is 2.35 bits per heavy atom. The summed E-state index contributed by atoms with van der Waals surface area (Å²) in [4.78, 5) is 0. The minimum Gasteiger partial charge on any atom is -0.380 e. The topological polar surface area (TPSA) is 59.6 Å². The summed E-state index contributed by atoms with van der Waals surface area (Å²) in [6.07, 6.45) is 0. The molecule has 0 bridgehead atoms. The zero-order valence-corrected chi connectivity index (χ0v) is 11.1. The van der Waals surface area contributed by atoms with Crippen LogP contribution in [0.4, 0.5) is 10.1 Å². The third-order valence-electron chi connectivity index (χ3n) is 2.74. The van der Waals surface area contributed by atoms with E-state index in [1.807, 2.05) is 12.1 Å². The second kappa shape index (κ2) is 6.06. The maximum atomic E-state index is 13.6. The first kappa shape index (κ1) is 13.9. The molecule has 0 unspecified atom stereocenters. The highest BCUT2D eigenvalue weighted by Gasteiger charge is 2.06. The lowest BCUT2D eigenvalue weighted by molar-refractivity contribution is 0.612. The highest BCUT2D eigenvalue weighted by molar-refractivity contribution is 6.33. The summed E-state index contributed by atoms with van der Waals surface area (Å²) >= 11 is 6.01. The van der Waals surface area contributed by atoms with Crippen LogP contribution in [-0.2, 0) is 6.54 Å². The van der Waals surface area contributed by atoms with Gasteiger partial charge in [-0.2, -0.15) is 10.5 Å². The molecule has 2 aromatic rings. The summed E-state index contributed by atoms with van der Waals surface area (Å²) in [7, 11) is 0. The van der Waals surface area contributed by atoms with Gasteiger partial charge in [0.1, 0.15) is 5.82 Å². The first-order valence-electron chi connectivity index (χ1n) is 5.76. The van der Waals surface area contributed by atoms with Crippen molar-refractivity contribution in [2.75, 3.05) is 5.32 Å². The monoisotopic (exact) mass is 285 g/mol. The molecule has 2 rings (SSSR count). The molecule has 0 aliphatic carbocycles. The minimum atomic E-state index is -0.388. The number of rotatable bonds is 3. The number of hydrogen-bond acceptors (Lipinski definition) is 3. The lowest BCUT2D eigenvalue weighted by Crippen LogP contribution is -2.03. The van der Waals surface area contributed by atoms with E-state index in [2.05, 4.69) is 5.32 Å². The van der Waals surface area contributed by atoms with Crippen LogP contribution >= 0.6 is 11.6 Å². The van der Waals surface area contributed by atoms with E-state index >= 15 is 0 Å². The minimum absolute atomic E-state index is 0.201. The average Bonchev–Trinajstić information content (AvgIpc) is 2.47. The Balaban J connectivity index is 2.17. The Morgan fingerprint density at radius 1 is 1.05 bits per heavy atom. The van der Waals surface area contributed by atoms with Crippen LogP contribution in [0.3, 0.4) is 0 Å². The molecule has 1 N–H and O–H groups in total. The van der Waals surface area contributed by atoms with Gasteiger partial charge in [0, 0.05) is 12.1 Å². The Hall–Kier alpha value is -2.56. The Bertz CT molecular complexity index is 729. The molecule has 20 heavy (non-hydrogen) atoms. The molecule has 0 fully saturated rings. The summed E-state index contributed by atoms with van der Waals surface area (Å²) in [6, 6.07) is 12.9. The maximum absolute atomic E-state index is 13.6. The highest BCUT2D eigenvalue weighted by atomic mass is 35.5. The van der Waals surface area contributed by atoms with Crippen molar-refractivity contribution in [3.8, 4) is 12.1 Å². The van der Waals surface area contributed by atoms with Crippen molar-refractivity contribution in [1.82, 2.24) is 0 Å². The number of halogens is 2. The summed E-state index contributed by atoms with van der Waals surface area (Å²) in [5, 5.41) is 20.9. The van der Waals surface area contributed by atoms with Gasteiger partial charge in [-0.25, -0.2) is 4.39 Å². The SMILES string of the molecule is N#Cc1ccc(NCc2cc(C#N)ccc2F)c(Cl)c1. The largest absolute Gasteiger partial charge is 0.380 e. The van der Waals surface area contributed by atoms with E-state index < -0.39 is 0 Å². The first-order valence-corrected chi connectivity index (χ1v) is 6.14. The fraction of sp³-hybridized carbons (Fsp3) is 0.0667. The number of anilines is 1. The number of nitriles is 2. The zero-order chi connectivity index (χ0) is 14.5. The van der Waals surface area contributed by atoms with E-state index in [0.29, 0.717) is 27.4 Å². The lowest BCUT2D eigenvalue weighted by Gasteiger charge is -2.09. The standard InChI is InChI=1S/C15H9ClFN3/c16-13-6-11(8-19)2-4-15(13)20-9-12-5-10(7-18)1-3-14(12)17/h1-6,20H,9H2. The van der Waals surface area contributed by atoms with E-state index in [9.17, 15) is 4.39 Å². The highest BCUT2D eigenvalue weighted by Crippen LogP contribution is 2.23. The van der Waals surface area contributed by atoms with Crippen LogP contribution in [0.2, 0.25) is 5.02 Å². The van der Waals surface area contributed by atoms with E-state index in [1.165, 1.54) is 24.3 Å². The molecule has 0 aromatic heterocycles. The van der Waals surface area contributed by atoms with Crippen molar-refractivity contribution in [3.63, 3.8) is 0 Å². The Labute approximate surface area is 120 Å². The van der Waals surface area contributed by atoms with Crippen molar-refractivity contribution >= 4 is 17.3 Å². The third-order valence-corrected chi connectivity index (χ3v) is 3.06. The second-order valence-corrected chi connectivity index (χ2v) is 4.49. The number of nitrogens with zero attached hydrogens (tertiary/aromatic N) is 2. The molecule has 5 heteroatoms. The van der Waals surface area contributed by atoms with Crippen molar-refractivity contribution in [1.29, 1.82) is 10.5 Å². The summed E-state index contributed by atoms with van der Waals surface area (Å²) in [6.45, 7) is 0.201. The van der Waals surface area contributed by atoms with Crippen LogP contribution in [0.15, 0.2) is 36.4 Å². The number of benzene rings is 2.